The molecular formula is C12H18N2O3S. The summed E-state index contributed by atoms with van der Waals surface area (Å²) in [5.74, 6) is -1.03. The number of rotatable bonds is 5. The number of nitrogens with one attached hydrogen (secondary N) is 1. The highest BCUT2D eigenvalue weighted by Gasteiger charge is 2.33. The maximum absolute atomic E-state index is 11.9. The summed E-state index contributed by atoms with van der Waals surface area (Å²) in [6, 6.07) is 3.47. The van der Waals surface area contributed by atoms with E-state index in [-0.39, 0.29) is 6.03 Å². The third-order valence-corrected chi connectivity index (χ3v) is 3.74. The lowest BCUT2D eigenvalue weighted by atomic mass is 10.00. The Morgan fingerprint density at radius 1 is 1.56 bits per heavy atom. The molecule has 0 aliphatic rings. The molecule has 1 rings (SSSR count). The fraction of sp³-hybridized carbons (Fsp3) is 0.500. The van der Waals surface area contributed by atoms with E-state index in [1.807, 2.05) is 17.5 Å². The number of carboxylic acids is 1. The van der Waals surface area contributed by atoms with Crippen LogP contribution in [0.15, 0.2) is 17.5 Å². The maximum Gasteiger partial charge on any atom is 0.329 e. The first kappa shape index (κ1) is 14.5. The Morgan fingerprint density at radius 3 is 2.67 bits per heavy atom. The monoisotopic (exact) mass is 270 g/mol. The molecule has 0 saturated heterocycles. The number of hydrogen-bond donors (Lipinski definition) is 2. The summed E-state index contributed by atoms with van der Waals surface area (Å²) in [5, 5.41) is 13.6. The quantitative estimate of drug-likeness (QED) is 0.861. The minimum Gasteiger partial charge on any atom is -0.480 e. The molecule has 2 amide bonds. The molecule has 100 valence electrons. The molecule has 1 atom stereocenters. The second kappa shape index (κ2) is 5.86. The highest BCUT2D eigenvalue weighted by atomic mass is 32.1. The summed E-state index contributed by atoms with van der Waals surface area (Å²) in [5.41, 5.74) is -1.22. The lowest BCUT2D eigenvalue weighted by Crippen LogP contribution is -2.54. The zero-order valence-electron chi connectivity index (χ0n) is 10.8. The molecule has 6 heteroatoms. The smallest absolute Gasteiger partial charge is 0.329 e. The molecule has 1 aromatic heterocycles. The molecule has 0 aliphatic heterocycles. The van der Waals surface area contributed by atoms with Crippen LogP contribution in [0.4, 0.5) is 4.79 Å². The molecule has 1 unspecified atom stereocenters. The number of urea groups is 1. The van der Waals surface area contributed by atoms with Crippen LogP contribution < -0.4 is 5.32 Å². The second-order valence-corrected chi connectivity index (χ2v) is 5.39. The van der Waals surface area contributed by atoms with Crippen LogP contribution in [0.25, 0.3) is 0 Å². The van der Waals surface area contributed by atoms with Crippen molar-refractivity contribution in [3.63, 3.8) is 0 Å². The summed E-state index contributed by atoms with van der Waals surface area (Å²) in [4.78, 5) is 25.5. The van der Waals surface area contributed by atoms with Gasteiger partial charge in [0.15, 0.2) is 0 Å². The first-order valence-electron chi connectivity index (χ1n) is 5.68. The fourth-order valence-electron chi connectivity index (χ4n) is 1.33. The number of carboxylic acid groups (broad SMARTS) is 1. The van der Waals surface area contributed by atoms with Crippen LogP contribution in [0.5, 0.6) is 0 Å². The molecule has 0 aliphatic carbocycles. The van der Waals surface area contributed by atoms with E-state index in [9.17, 15) is 9.59 Å². The van der Waals surface area contributed by atoms with Gasteiger partial charge in [0.2, 0.25) is 0 Å². The van der Waals surface area contributed by atoms with Gasteiger partial charge in [0.05, 0.1) is 6.54 Å². The summed E-state index contributed by atoms with van der Waals surface area (Å²) in [6.07, 6.45) is 0.334. The van der Waals surface area contributed by atoms with Gasteiger partial charge in [-0.05, 0) is 24.8 Å². The van der Waals surface area contributed by atoms with E-state index in [1.54, 1.807) is 25.3 Å². The largest absolute Gasteiger partial charge is 0.480 e. The van der Waals surface area contributed by atoms with Crippen molar-refractivity contribution in [3.05, 3.63) is 22.4 Å². The van der Waals surface area contributed by atoms with E-state index in [0.717, 1.165) is 4.88 Å². The maximum atomic E-state index is 11.9. The van der Waals surface area contributed by atoms with Gasteiger partial charge in [0, 0.05) is 11.9 Å². The van der Waals surface area contributed by atoms with Gasteiger partial charge >= 0.3 is 12.0 Å². The minimum absolute atomic E-state index is 0.334. The summed E-state index contributed by atoms with van der Waals surface area (Å²) in [6.45, 7) is 3.71. The van der Waals surface area contributed by atoms with Crippen molar-refractivity contribution < 1.29 is 14.7 Å². The van der Waals surface area contributed by atoms with Crippen LogP contribution in [-0.2, 0) is 11.3 Å². The number of nitrogens with zero attached hydrogens (tertiary/aromatic N) is 1. The standard InChI is InChI=1S/C12H18N2O3S/c1-4-12(2,10(15)16)13-11(17)14(3)8-9-6-5-7-18-9/h5-7H,4,8H2,1-3H3,(H,13,17)(H,15,16). The van der Waals surface area contributed by atoms with Crippen LogP contribution in [-0.4, -0.2) is 34.6 Å². The topological polar surface area (TPSA) is 69.6 Å². The van der Waals surface area contributed by atoms with E-state index in [0.29, 0.717) is 13.0 Å². The zero-order valence-corrected chi connectivity index (χ0v) is 11.6. The van der Waals surface area contributed by atoms with Gasteiger partial charge in [0.1, 0.15) is 5.54 Å². The van der Waals surface area contributed by atoms with Gasteiger partial charge < -0.3 is 15.3 Å². The number of carbonyl (C=O) groups is 2. The molecule has 18 heavy (non-hydrogen) atoms. The number of thiophene rings is 1. The molecular weight excluding hydrogens is 252 g/mol. The molecule has 5 nitrogen and oxygen atoms in total. The lowest BCUT2D eigenvalue weighted by Gasteiger charge is -2.27. The Bertz CT molecular complexity index is 419. The fourth-order valence-corrected chi connectivity index (χ4v) is 2.09. The Labute approximate surface area is 110 Å². The Balaban J connectivity index is 2.62. The van der Waals surface area contributed by atoms with Gasteiger partial charge in [-0.2, -0.15) is 0 Å². The first-order valence-corrected chi connectivity index (χ1v) is 6.56. The average molecular weight is 270 g/mol. The highest BCUT2D eigenvalue weighted by Crippen LogP contribution is 2.13. The van der Waals surface area contributed by atoms with Gasteiger partial charge in [-0.25, -0.2) is 9.59 Å². The highest BCUT2D eigenvalue weighted by molar-refractivity contribution is 7.09. The van der Waals surface area contributed by atoms with Gasteiger partial charge in [-0.15, -0.1) is 11.3 Å². The SMILES string of the molecule is CCC(C)(NC(=O)N(C)Cc1cccs1)C(=O)O. The molecule has 0 bridgehead atoms. The number of amides is 2. The molecule has 0 saturated carbocycles. The van der Waals surface area contributed by atoms with Crippen molar-refractivity contribution in [1.29, 1.82) is 0 Å². The van der Waals surface area contributed by atoms with E-state index in [4.69, 9.17) is 5.11 Å². The molecule has 0 spiro atoms. The average Bonchev–Trinajstić information content (AvgIpc) is 2.81. The van der Waals surface area contributed by atoms with Crippen molar-refractivity contribution in [1.82, 2.24) is 10.2 Å². The van der Waals surface area contributed by atoms with Gasteiger partial charge in [-0.1, -0.05) is 13.0 Å². The van der Waals surface area contributed by atoms with E-state index in [2.05, 4.69) is 5.32 Å². The van der Waals surface area contributed by atoms with Crippen molar-refractivity contribution in [3.8, 4) is 0 Å². The van der Waals surface area contributed by atoms with Crippen LogP contribution in [0, 0.1) is 0 Å². The Kier molecular flexibility index (Phi) is 4.72. The summed E-state index contributed by atoms with van der Waals surface area (Å²) in [7, 11) is 1.65. The first-order chi connectivity index (χ1) is 8.39. The molecule has 1 aromatic rings. The van der Waals surface area contributed by atoms with Crippen LogP contribution >= 0.6 is 11.3 Å². The number of hydrogen-bond acceptors (Lipinski definition) is 3. The zero-order chi connectivity index (χ0) is 13.8. The van der Waals surface area contributed by atoms with E-state index < -0.39 is 11.5 Å². The van der Waals surface area contributed by atoms with Gasteiger partial charge in [0.25, 0.3) is 0 Å². The molecule has 0 radical (unpaired) electrons. The molecule has 2 N–H and O–H groups in total. The van der Waals surface area contributed by atoms with Crippen LogP contribution in [0.2, 0.25) is 0 Å². The van der Waals surface area contributed by atoms with Crippen molar-refractivity contribution in [2.45, 2.75) is 32.4 Å². The van der Waals surface area contributed by atoms with Crippen LogP contribution in [0.3, 0.4) is 0 Å². The summed E-state index contributed by atoms with van der Waals surface area (Å²) >= 11 is 1.56. The number of aliphatic carboxylic acids is 1. The molecule has 0 fully saturated rings. The van der Waals surface area contributed by atoms with Crippen molar-refractivity contribution >= 4 is 23.3 Å². The van der Waals surface area contributed by atoms with Crippen molar-refractivity contribution in [2.24, 2.45) is 0 Å². The normalized spacial score (nSPS) is 13.7. The van der Waals surface area contributed by atoms with E-state index in [1.165, 1.54) is 11.8 Å². The predicted octanol–water partition coefficient (Wildman–Crippen LogP) is 2.14. The summed E-state index contributed by atoms with van der Waals surface area (Å²) < 4.78 is 0. The lowest BCUT2D eigenvalue weighted by molar-refractivity contribution is -0.143. The predicted molar refractivity (Wildman–Crippen MR) is 70.6 cm³/mol. The van der Waals surface area contributed by atoms with Crippen molar-refractivity contribution in [2.75, 3.05) is 7.05 Å². The molecule has 1 heterocycles. The Hall–Kier alpha value is -1.56. The van der Waals surface area contributed by atoms with Crippen LogP contribution in [0.1, 0.15) is 25.1 Å². The number of carbonyl (C=O) groups excluding carboxylic acids is 1. The van der Waals surface area contributed by atoms with E-state index >= 15 is 0 Å². The minimum atomic E-state index is -1.22. The third kappa shape index (κ3) is 3.46. The third-order valence-electron chi connectivity index (χ3n) is 2.88. The van der Waals surface area contributed by atoms with Gasteiger partial charge in [-0.3, -0.25) is 0 Å². The second-order valence-electron chi connectivity index (χ2n) is 4.36. The molecule has 0 aromatic carbocycles. The Morgan fingerprint density at radius 2 is 2.22 bits per heavy atom.